The molecule has 0 radical (unpaired) electrons. The minimum atomic E-state index is 0. The molecular formula is C4H14ClNO. The van der Waals surface area contributed by atoms with Crippen molar-refractivity contribution in [3.63, 3.8) is 0 Å². The highest BCUT2D eigenvalue weighted by atomic mass is 35.5. The van der Waals surface area contributed by atoms with Gasteiger partial charge < -0.3 is 10.8 Å². The van der Waals surface area contributed by atoms with Gasteiger partial charge in [-0.3, -0.25) is 0 Å². The van der Waals surface area contributed by atoms with Gasteiger partial charge in [-0.2, -0.15) is 0 Å². The van der Waals surface area contributed by atoms with E-state index in [9.17, 15) is 0 Å². The van der Waals surface area contributed by atoms with Crippen molar-refractivity contribution in [3.8, 4) is 0 Å². The third-order valence-corrected chi connectivity index (χ3v) is 0.500. The molecule has 0 aliphatic carbocycles. The van der Waals surface area contributed by atoms with Gasteiger partial charge in [-0.1, -0.05) is 13.8 Å². The summed E-state index contributed by atoms with van der Waals surface area (Å²) in [4.78, 5) is 0. The van der Waals surface area contributed by atoms with Crippen LogP contribution in [0.15, 0.2) is 0 Å². The van der Waals surface area contributed by atoms with Crippen LogP contribution in [0.2, 0.25) is 0 Å². The van der Waals surface area contributed by atoms with Gasteiger partial charge in [0.25, 0.3) is 0 Å². The summed E-state index contributed by atoms with van der Waals surface area (Å²) in [7, 11) is 0. The van der Waals surface area contributed by atoms with E-state index in [0.717, 1.165) is 13.1 Å². The molecule has 0 heterocycles. The zero-order chi connectivity index (χ0) is 4.12. The molecule has 0 amide bonds. The maximum atomic E-state index is 3.11. The van der Waals surface area contributed by atoms with Crippen molar-refractivity contribution in [3.05, 3.63) is 0 Å². The number of hydrogen-bond donors (Lipinski definition) is 1. The second-order valence-electron chi connectivity index (χ2n) is 0.957. The molecule has 0 atom stereocenters. The number of hydrogen-bond acceptors (Lipinski definition) is 1. The predicted octanol–water partition coefficient (Wildman–Crippen LogP) is 0.213. The third-order valence-electron chi connectivity index (χ3n) is 0.500. The Hall–Kier alpha value is 0.210. The molecule has 0 aliphatic rings. The quantitative estimate of drug-likeness (QED) is 0.567. The summed E-state index contributed by atoms with van der Waals surface area (Å²) in [5.74, 6) is 0. The van der Waals surface area contributed by atoms with Gasteiger partial charge in [0.2, 0.25) is 0 Å². The highest BCUT2D eigenvalue weighted by Crippen LogP contribution is 1.47. The highest BCUT2D eigenvalue weighted by molar-refractivity contribution is 5.85. The van der Waals surface area contributed by atoms with Crippen LogP contribution in [-0.2, 0) is 0 Å². The maximum Gasteiger partial charge on any atom is -0.00775 e. The van der Waals surface area contributed by atoms with Gasteiger partial charge in [0.1, 0.15) is 0 Å². The number of rotatable bonds is 2. The molecule has 0 aromatic heterocycles. The van der Waals surface area contributed by atoms with E-state index in [2.05, 4.69) is 19.2 Å². The topological polar surface area (TPSA) is 43.5 Å². The van der Waals surface area contributed by atoms with Gasteiger partial charge in [-0.05, 0) is 13.1 Å². The Labute approximate surface area is 51.0 Å². The molecule has 2 nitrogen and oxygen atoms in total. The lowest BCUT2D eigenvalue weighted by molar-refractivity contribution is 0.762. The molecule has 0 spiro atoms. The molecule has 0 saturated heterocycles. The average Bonchev–Trinajstić information content (AvgIpc) is 1.41. The summed E-state index contributed by atoms with van der Waals surface area (Å²) >= 11 is 0. The Morgan fingerprint density at radius 1 is 1.14 bits per heavy atom. The van der Waals surface area contributed by atoms with Crippen molar-refractivity contribution in [2.24, 2.45) is 0 Å². The van der Waals surface area contributed by atoms with Crippen LogP contribution in [0.25, 0.3) is 0 Å². The second kappa shape index (κ2) is 16.4. The van der Waals surface area contributed by atoms with Crippen LogP contribution < -0.4 is 5.32 Å². The zero-order valence-electron chi connectivity index (χ0n) is 4.82. The lowest BCUT2D eigenvalue weighted by atomic mass is 10.7. The number of halogens is 1. The molecule has 0 fully saturated rings. The van der Waals surface area contributed by atoms with E-state index in [0.29, 0.717) is 0 Å². The van der Waals surface area contributed by atoms with Gasteiger partial charge in [0.15, 0.2) is 0 Å². The molecule has 0 aliphatic heterocycles. The van der Waals surface area contributed by atoms with Crippen LogP contribution in [0.3, 0.4) is 0 Å². The van der Waals surface area contributed by atoms with E-state index in [1.165, 1.54) is 0 Å². The highest BCUT2D eigenvalue weighted by Gasteiger charge is 1.62. The van der Waals surface area contributed by atoms with Gasteiger partial charge in [0.05, 0.1) is 0 Å². The predicted molar refractivity (Wildman–Crippen MR) is 35.1 cm³/mol. The monoisotopic (exact) mass is 127 g/mol. The van der Waals surface area contributed by atoms with Gasteiger partial charge in [-0.15, -0.1) is 12.4 Å². The lowest BCUT2D eigenvalue weighted by Crippen LogP contribution is -2.09. The minimum absolute atomic E-state index is 0. The summed E-state index contributed by atoms with van der Waals surface area (Å²) in [6.45, 7) is 6.39. The summed E-state index contributed by atoms with van der Waals surface area (Å²) in [6.07, 6.45) is 0. The van der Waals surface area contributed by atoms with E-state index in [-0.39, 0.29) is 17.9 Å². The van der Waals surface area contributed by atoms with Gasteiger partial charge >= 0.3 is 0 Å². The van der Waals surface area contributed by atoms with Crippen LogP contribution >= 0.6 is 12.4 Å². The Kier molecular flexibility index (Phi) is 36.7. The summed E-state index contributed by atoms with van der Waals surface area (Å²) in [5.41, 5.74) is 0. The summed E-state index contributed by atoms with van der Waals surface area (Å²) in [6, 6.07) is 0. The van der Waals surface area contributed by atoms with Crippen LogP contribution in [0, 0.1) is 0 Å². The van der Waals surface area contributed by atoms with E-state index in [4.69, 9.17) is 0 Å². The van der Waals surface area contributed by atoms with Crippen LogP contribution in [0.4, 0.5) is 0 Å². The van der Waals surface area contributed by atoms with Gasteiger partial charge in [0, 0.05) is 0 Å². The first-order valence-corrected chi connectivity index (χ1v) is 2.12. The Bertz CT molecular complexity index is 19.2. The fourth-order valence-electron chi connectivity index (χ4n) is 0.250. The van der Waals surface area contributed by atoms with Crippen molar-refractivity contribution in [2.75, 3.05) is 13.1 Å². The van der Waals surface area contributed by atoms with Gasteiger partial charge in [-0.25, -0.2) is 0 Å². The first-order chi connectivity index (χ1) is 2.41. The summed E-state index contributed by atoms with van der Waals surface area (Å²) < 4.78 is 0. The smallest absolute Gasteiger partial charge is 0.00775 e. The van der Waals surface area contributed by atoms with E-state index < -0.39 is 0 Å². The molecule has 7 heavy (non-hydrogen) atoms. The Balaban J connectivity index is -0.0000000800. The fraction of sp³-hybridized carbons (Fsp3) is 1.00. The standard InChI is InChI=1S/C4H11N.ClH.H2O/c1-3-5-4-2;;/h5H,3-4H2,1-2H3;1H;1H2. The molecule has 48 valence electrons. The third kappa shape index (κ3) is 22.5. The first-order valence-electron chi connectivity index (χ1n) is 2.12. The Morgan fingerprint density at radius 3 is 1.43 bits per heavy atom. The van der Waals surface area contributed by atoms with Crippen LogP contribution in [0.1, 0.15) is 13.8 Å². The molecule has 3 heteroatoms. The minimum Gasteiger partial charge on any atom is -0.412 e. The molecule has 0 aromatic rings. The molecular weight excluding hydrogens is 114 g/mol. The van der Waals surface area contributed by atoms with Crippen molar-refractivity contribution in [1.29, 1.82) is 0 Å². The van der Waals surface area contributed by atoms with Crippen LogP contribution in [0.5, 0.6) is 0 Å². The number of nitrogens with one attached hydrogen (secondary N) is 1. The van der Waals surface area contributed by atoms with E-state index >= 15 is 0 Å². The largest absolute Gasteiger partial charge is 0.412 e. The van der Waals surface area contributed by atoms with Crippen molar-refractivity contribution in [1.82, 2.24) is 5.32 Å². The second-order valence-corrected chi connectivity index (χ2v) is 0.957. The van der Waals surface area contributed by atoms with Crippen LogP contribution in [-0.4, -0.2) is 18.6 Å². The van der Waals surface area contributed by atoms with Crippen molar-refractivity contribution in [2.45, 2.75) is 13.8 Å². The Morgan fingerprint density at radius 2 is 1.43 bits per heavy atom. The lowest BCUT2D eigenvalue weighted by Gasteiger charge is -1.86. The molecule has 3 N–H and O–H groups in total. The van der Waals surface area contributed by atoms with Crippen molar-refractivity contribution < 1.29 is 5.48 Å². The van der Waals surface area contributed by atoms with E-state index in [1.807, 2.05) is 0 Å². The van der Waals surface area contributed by atoms with Crippen molar-refractivity contribution >= 4 is 12.4 Å². The van der Waals surface area contributed by atoms with E-state index in [1.54, 1.807) is 0 Å². The SMILES string of the molecule is CCNCC.Cl.O. The molecule has 0 aromatic carbocycles. The molecule has 0 rings (SSSR count). The molecule has 0 unspecified atom stereocenters. The molecule has 0 saturated carbocycles. The fourth-order valence-corrected chi connectivity index (χ4v) is 0.250. The first kappa shape index (κ1) is 15.7. The summed E-state index contributed by atoms with van der Waals surface area (Å²) in [5, 5.41) is 3.11. The maximum absolute atomic E-state index is 3.11. The zero-order valence-corrected chi connectivity index (χ0v) is 5.64. The average molecular weight is 128 g/mol. The normalized spacial score (nSPS) is 6.00. The molecule has 0 bridgehead atoms.